The van der Waals surface area contributed by atoms with Crippen molar-refractivity contribution in [3.8, 4) is 17.0 Å². The lowest BCUT2D eigenvalue weighted by atomic mass is 10.2. The van der Waals surface area contributed by atoms with E-state index in [1.54, 1.807) is 7.11 Å². The van der Waals surface area contributed by atoms with Crippen LogP contribution < -0.4 is 15.8 Å². The number of thiophene rings is 1. The van der Waals surface area contributed by atoms with Crippen molar-refractivity contribution in [3.63, 3.8) is 0 Å². The van der Waals surface area contributed by atoms with Gasteiger partial charge in [-0.15, -0.1) is 22.7 Å². The molecule has 3 heterocycles. The number of nitrogens with one attached hydrogen (secondary N) is 1. The number of rotatable bonds is 6. The monoisotopic (exact) mass is 424 g/mol. The molecule has 0 aliphatic carbocycles. The van der Waals surface area contributed by atoms with Gasteiger partial charge in [0.05, 0.1) is 18.5 Å². The van der Waals surface area contributed by atoms with Gasteiger partial charge in [-0.1, -0.05) is 25.5 Å². The first kappa shape index (κ1) is 19.4. The van der Waals surface area contributed by atoms with Crippen LogP contribution in [-0.2, 0) is 6.42 Å². The van der Waals surface area contributed by atoms with E-state index in [0.29, 0.717) is 15.7 Å². The molecule has 0 aliphatic rings. The minimum absolute atomic E-state index is 0.269. The Morgan fingerprint density at radius 2 is 2.10 bits per heavy atom. The number of methoxy groups -OCH3 is 1. The van der Waals surface area contributed by atoms with E-state index < -0.39 is 0 Å². The smallest absolute Gasteiger partial charge is 0.269 e. The summed E-state index contributed by atoms with van der Waals surface area (Å²) >= 11 is 2.68. The highest BCUT2D eigenvalue weighted by Gasteiger charge is 2.19. The molecule has 1 amide bonds. The summed E-state index contributed by atoms with van der Waals surface area (Å²) in [6.45, 7) is 2.11. The number of pyridine rings is 1. The molecule has 0 atom stereocenters. The van der Waals surface area contributed by atoms with Crippen molar-refractivity contribution in [1.29, 1.82) is 0 Å². The molecule has 0 bridgehead atoms. The lowest BCUT2D eigenvalue weighted by molar-refractivity contribution is 0.103. The van der Waals surface area contributed by atoms with E-state index in [-0.39, 0.29) is 5.91 Å². The van der Waals surface area contributed by atoms with Gasteiger partial charge in [0.1, 0.15) is 15.5 Å². The summed E-state index contributed by atoms with van der Waals surface area (Å²) in [5.74, 6) is 0.489. The summed E-state index contributed by atoms with van der Waals surface area (Å²) in [7, 11) is 1.63. The van der Waals surface area contributed by atoms with E-state index in [1.165, 1.54) is 22.7 Å². The largest absolute Gasteiger partial charge is 0.497 e. The summed E-state index contributed by atoms with van der Waals surface area (Å²) < 4.78 is 5.26. The Kier molecular flexibility index (Phi) is 5.46. The molecule has 0 radical (unpaired) electrons. The lowest BCUT2D eigenvalue weighted by Gasteiger charge is -2.02. The van der Waals surface area contributed by atoms with Crippen LogP contribution in [0.4, 0.5) is 10.8 Å². The van der Waals surface area contributed by atoms with E-state index in [9.17, 15) is 4.79 Å². The molecule has 0 aliphatic heterocycles. The predicted molar refractivity (Wildman–Crippen MR) is 120 cm³/mol. The van der Waals surface area contributed by atoms with Crippen LogP contribution in [0.1, 0.15) is 28.7 Å². The van der Waals surface area contributed by atoms with Gasteiger partial charge in [-0.3, -0.25) is 10.1 Å². The van der Waals surface area contributed by atoms with Gasteiger partial charge in [0, 0.05) is 22.0 Å². The molecule has 0 fully saturated rings. The molecule has 3 N–H and O–H groups in total. The van der Waals surface area contributed by atoms with Gasteiger partial charge in [0.25, 0.3) is 5.91 Å². The minimum atomic E-state index is -0.269. The number of nitrogens with two attached hydrogens (primary N) is 1. The van der Waals surface area contributed by atoms with Crippen LogP contribution in [0.25, 0.3) is 21.5 Å². The zero-order valence-corrected chi connectivity index (χ0v) is 17.7. The predicted octanol–water partition coefficient (Wildman–Crippen LogP) is 5.22. The Hall–Kier alpha value is -2.97. The SMILES string of the molecule is CCCc1ccc2c(N)c(C(=O)Nc3nc(-c4cccc(OC)c4)cs3)sc2n1. The van der Waals surface area contributed by atoms with Gasteiger partial charge in [-0.25, -0.2) is 9.97 Å². The standard InChI is InChI=1S/C21H20N4O2S2/c1-3-5-13-8-9-15-17(22)18(29-20(15)23-13)19(26)25-21-24-16(11-28-21)12-6-4-7-14(10-12)27-2/h4,6-11H,3,5,22H2,1-2H3,(H,24,25,26). The van der Waals surface area contributed by atoms with E-state index in [4.69, 9.17) is 10.5 Å². The Bertz CT molecular complexity index is 1180. The maximum atomic E-state index is 12.8. The van der Waals surface area contributed by atoms with Crippen molar-refractivity contribution in [2.45, 2.75) is 19.8 Å². The average Bonchev–Trinajstić information content (AvgIpc) is 3.33. The number of aryl methyl sites for hydroxylation is 1. The van der Waals surface area contributed by atoms with Gasteiger partial charge >= 0.3 is 0 Å². The van der Waals surface area contributed by atoms with Gasteiger partial charge in [-0.2, -0.15) is 0 Å². The van der Waals surface area contributed by atoms with E-state index >= 15 is 0 Å². The van der Waals surface area contributed by atoms with Crippen LogP contribution in [-0.4, -0.2) is 23.0 Å². The zero-order valence-electron chi connectivity index (χ0n) is 16.1. The first-order chi connectivity index (χ1) is 14.1. The highest BCUT2D eigenvalue weighted by Crippen LogP contribution is 2.34. The number of amides is 1. The molecule has 4 aromatic rings. The van der Waals surface area contributed by atoms with E-state index in [2.05, 4.69) is 22.2 Å². The maximum absolute atomic E-state index is 12.8. The first-order valence-corrected chi connectivity index (χ1v) is 10.9. The second-order valence-electron chi connectivity index (χ2n) is 6.47. The number of anilines is 2. The molecular weight excluding hydrogens is 404 g/mol. The molecule has 29 heavy (non-hydrogen) atoms. The summed E-state index contributed by atoms with van der Waals surface area (Å²) in [6, 6.07) is 11.6. The van der Waals surface area contributed by atoms with Gasteiger partial charge in [-0.05, 0) is 30.7 Å². The van der Waals surface area contributed by atoms with Crippen molar-refractivity contribution in [2.24, 2.45) is 0 Å². The highest BCUT2D eigenvalue weighted by molar-refractivity contribution is 7.21. The Balaban J connectivity index is 1.56. The van der Waals surface area contributed by atoms with E-state index in [1.807, 2.05) is 41.8 Å². The van der Waals surface area contributed by atoms with Crippen LogP contribution in [0.2, 0.25) is 0 Å². The van der Waals surface area contributed by atoms with Crippen molar-refractivity contribution < 1.29 is 9.53 Å². The van der Waals surface area contributed by atoms with Gasteiger partial charge in [0.2, 0.25) is 0 Å². The number of fused-ring (bicyclic) bond motifs is 1. The topological polar surface area (TPSA) is 90.1 Å². The molecule has 3 aromatic heterocycles. The summed E-state index contributed by atoms with van der Waals surface area (Å²) in [6.07, 6.45) is 1.92. The summed E-state index contributed by atoms with van der Waals surface area (Å²) in [5, 5.41) is 6.09. The van der Waals surface area contributed by atoms with Crippen LogP contribution in [0.15, 0.2) is 41.8 Å². The third-order valence-corrected chi connectivity index (χ3v) is 6.33. The zero-order chi connectivity index (χ0) is 20.4. The summed E-state index contributed by atoms with van der Waals surface area (Å²) in [4.78, 5) is 23.2. The molecule has 6 nitrogen and oxygen atoms in total. The molecule has 0 saturated heterocycles. The third kappa shape index (κ3) is 3.94. The van der Waals surface area contributed by atoms with Crippen molar-refractivity contribution in [1.82, 2.24) is 9.97 Å². The minimum Gasteiger partial charge on any atom is -0.497 e. The number of carbonyl (C=O) groups excluding carboxylic acids is 1. The maximum Gasteiger partial charge on any atom is 0.269 e. The number of aromatic nitrogens is 2. The number of hydrogen-bond acceptors (Lipinski definition) is 7. The second kappa shape index (κ2) is 8.18. The number of nitrogens with zero attached hydrogens (tertiary/aromatic N) is 2. The highest BCUT2D eigenvalue weighted by atomic mass is 32.1. The Morgan fingerprint density at radius 1 is 1.24 bits per heavy atom. The van der Waals surface area contributed by atoms with E-state index in [0.717, 1.165) is 45.8 Å². The molecule has 0 spiro atoms. The number of benzene rings is 1. The first-order valence-electron chi connectivity index (χ1n) is 9.18. The number of carbonyl (C=O) groups is 1. The molecule has 0 saturated carbocycles. The van der Waals surface area contributed by atoms with Gasteiger partial charge in [0.15, 0.2) is 5.13 Å². The molecule has 1 aromatic carbocycles. The van der Waals surface area contributed by atoms with Crippen LogP contribution in [0, 0.1) is 0 Å². The van der Waals surface area contributed by atoms with Crippen LogP contribution in [0.5, 0.6) is 5.75 Å². The fourth-order valence-electron chi connectivity index (χ4n) is 3.00. The lowest BCUT2D eigenvalue weighted by Crippen LogP contribution is -2.11. The number of ether oxygens (including phenoxy) is 1. The second-order valence-corrected chi connectivity index (χ2v) is 8.33. The molecule has 0 unspecified atom stereocenters. The quantitative estimate of drug-likeness (QED) is 0.443. The molecule has 148 valence electrons. The third-order valence-electron chi connectivity index (χ3n) is 4.45. The fraction of sp³-hybridized carbons (Fsp3) is 0.190. The summed E-state index contributed by atoms with van der Waals surface area (Å²) in [5.41, 5.74) is 9.40. The average molecular weight is 425 g/mol. The van der Waals surface area contributed by atoms with Gasteiger partial charge < -0.3 is 10.5 Å². The normalized spacial score (nSPS) is 11.0. The molecule has 4 rings (SSSR count). The number of hydrogen-bond donors (Lipinski definition) is 2. The molecule has 8 heteroatoms. The van der Waals surface area contributed by atoms with Crippen molar-refractivity contribution in [2.75, 3.05) is 18.2 Å². The van der Waals surface area contributed by atoms with Crippen LogP contribution in [0.3, 0.4) is 0 Å². The number of thiazole rings is 1. The Morgan fingerprint density at radius 3 is 2.90 bits per heavy atom. The van der Waals surface area contributed by atoms with Crippen LogP contribution >= 0.6 is 22.7 Å². The molecular formula is C21H20N4O2S2. The fourth-order valence-corrected chi connectivity index (χ4v) is 4.72. The Labute approximate surface area is 176 Å². The van der Waals surface area contributed by atoms with Crippen molar-refractivity contribution >= 4 is 49.6 Å². The van der Waals surface area contributed by atoms with Crippen molar-refractivity contribution in [3.05, 3.63) is 52.3 Å². The number of nitrogen functional groups attached to an aromatic ring is 1.